The number of anilines is 2. The van der Waals surface area contributed by atoms with Gasteiger partial charge in [0.1, 0.15) is 22.2 Å². The molecular formula is C23H23N3OS. The zero-order chi connectivity index (χ0) is 19.7. The summed E-state index contributed by atoms with van der Waals surface area (Å²) in [5, 5.41) is 4.57. The van der Waals surface area contributed by atoms with Gasteiger partial charge < -0.3 is 10.1 Å². The van der Waals surface area contributed by atoms with Crippen LogP contribution < -0.4 is 10.1 Å². The smallest absolute Gasteiger partial charge is 0.143 e. The molecular weight excluding hydrogens is 366 g/mol. The van der Waals surface area contributed by atoms with Crippen LogP contribution in [-0.4, -0.2) is 16.6 Å². The lowest BCUT2D eigenvalue weighted by Gasteiger charge is -2.11. The normalized spacial score (nSPS) is 11.0. The van der Waals surface area contributed by atoms with Gasteiger partial charge in [-0.25, -0.2) is 9.97 Å². The van der Waals surface area contributed by atoms with E-state index in [1.807, 2.05) is 26.0 Å². The Bertz CT molecular complexity index is 1120. The highest BCUT2D eigenvalue weighted by Crippen LogP contribution is 2.41. The Morgan fingerprint density at radius 3 is 2.32 bits per heavy atom. The van der Waals surface area contributed by atoms with Gasteiger partial charge in [-0.15, -0.1) is 11.3 Å². The molecule has 0 unspecified atom stereocenters. The quantitative estimate of drug-likeness (QED) is 0.427. The number of benzene rings is 2. The van der Waals surface area contributed by atoms with Crippen molar-refractivity contribution >= 4 is 33.1 Å². The second-order valence-electron chi connectivity index (χ2n) is 6.78. The molecule has 4 nitrogen and oxygen atoms in total. The standard InChI is InChI=1S/C23H23N3OS/c1-5-27-19-12-8-17(9-13-19)20-15(3)28-23-21(20)22(24-16(4)25-23)26-18-10-6-14(2)7-11-18/h6-13H,5H2,1-4H3,(H,24,25,26). The third-order valence-corrected chi connectivity index (χ3v) is 5.61. The molecule has 0 aliphatic heterocycles. The first-order valence-electron chi connectivity index (χ1n) is 9.40. The number of nitrogens with zero attached hydrogens (tertiary/aromatic N) is 2. The highest BCUT2D eigenvalue weighted by molar-refractivity contribution is 7.19. The Kier molecular flexibility index (Phi) is 5.01. The van der Waals surface area contributed by atoms with E-state index in [9.17, 15) is 0 Å². The minimum absolute atomic E-state index is 0.664. The molecule has 1 N–H and O–H groups in total. The molecule has 0 aliphatic rings. The zero-order valence-electron chi connectivity index (χ0n) is 16.5. The van der Waals surface area contributed by atoms with E-state index in [4.69, 9.17) is 9.72 Å². The second-order valence-corrected chi connectivity index (χ2v) is 7.98. The summed E-state index contributed by atoms with van der Waals surface area (Å²) in [6.07, 6.45) is 0. The molecule has 0 saturated heterocycles. The van der Waals surface area contributed by atoms with E-state index >= 15 is 0 Å². The van der Waals surface area contributed by atoms with Crippen molar-refractivity contribution in [2.45, 2.75) is 27.7 Å². The van der Waals surface area contributed by atoms with Gasteiger partial charge in [-0.05, 0) is 57.5 Å². The lowest BCUT2D eigenvalue weighted by atomic mass is 10.0. The van der Waals surface area contributed by atoms with Crippen molar-refractivity contribution in [1.82, 2.24) is 9.97 Å². The fraction of sp³-hybridized carbons (Fsp3) is 0.217. The summed E-state index contributed by atoms with van der Waals surface area (Å²) in [6.45, 7) is 8.82. The minimum Gasteiger partial charge on any atom is -0.494 e. The fourth-order valence-electron chi connectivity index (χ4n) is 3.31. The summed E-state index contributed by atoms with van der Waals surface area (Å²) in [7, 11) is 0. The molecule has 0 saturated carbocycles. The summed E-state index contributed by atoms with van der Waals surface area (Å²) in [4.78, 5) is 11.6. The number of hydrogen-bond donors (Lipinski definition) is 1. The minimum atomic E-state index is 0.664. The van der Waals surface area contributed by atoms with Gasteiger partial charge in [-0.3, -0.25) is 0 Å². The molecule has 0 bridgehead atoms. The van der Waals surface area contributed by atoms with Crippen LogP contribution in [0.2, 0.25) is 0 Å². The number of ether oxygens (including phenoxy) is 1. The molecule has 2 aromatic heterocycles. The van der Waals surface area contributed by atoms with Crippen molar-refractivity contribution in [2.75, 3.05) is 11.9 Å². The van der Waals surface area contributed by atoms with E-state index in [1.165, 1.54) is 16.0 Å². The van der Waals surface area contributed by atoms with Crippen LogP contribution in [0, 0.1) is 20.8 Å². The number of thiophene rings is 1. The van der Waals surface area contributed by atoms with Gasteiger partial charge in [0.05, 0.1) is 12.0 Å². The Hall–Kier alpha value is -2.92. The largest absolute Gasteiger partial charge is 0.494 e. The van der Waals surface area contributed by atoms with Crippen molar-refractivity contribution in [3.8, 4) is 16.9 Å². The van der Waals surface area contributed by atoms with Crippen molar-refractivity contribution in [3.05, 3.63) is 64.8 Å². The summed E-state index contributed by atoms with van der Waals surface area (Å²) in [6, 6.07) is 16.6. The van der Waals surface area contributed by atoms with E-state index in [0.717, 1.165) is 38.9 Å². The first-order valence-corrected chi connectivity index (χ1v) is 10.2. The zero-order valence-corrected chi connectivity index (χ0v) is 17.4. The van der Waals surface area contributed by atoms with Gasteiger partial charge in [0.2, 0.25) is 0 Å². The van der Waals surface area contributed by atoms with E-state index in [-0.39, 0.29) is 0 Å². The van der Waals surface area contributed by atoms with Crippen molar-refractivity contribution in [1.29, 1.82) is 0 Å². The number of nitrogens with one attached hydrogen (secondary N) is 1. The van der Waals surface area contributed by atoms with Crippen LogP contribution in [0.15, 0.2) is 48.5 Å². The molecule has 2 heterocycles. The Morgan fingerprint density at radius 2 is 1.64 bits per heavy atom. The molecule has 5 heteroatoms. The van der Waals surface area contributed by atoms with Crippen LogP contribution in [0.5, 0.6) is 5.75 Å². The highest BCUT2D eigenvalue weighted by Gasteiger charge is 2.18. The van der Waals surface area contributed by atoms with Gasteiger partial charge >= 0.3 is 0 Å². The van der Waals surface area contributed by atoms with E-state index < -0.39 is 0 Å². The van der Waals surface area contributed by atoms with E-state index in [2.05, 4.69) is 60.5 Å². The molecule has 142 valence electrons. The summed E-state index contributed by atoms with van der Waals surface area (Å²) >= 11 is 1.71. The van der Waals surface area contributed by atoms with Crippen LogP contribution in [0.1, 0.15) is 23.2 Å². The van der Waals surface area contributed by atoms with Crippen LogP contribution in [0.25, 0.3) is 21.3 Å². The Morgan fingerprint density at radius 1 is 0.929 bits per heavy atom. The van der Waals surface area contributed by atoms with Crippen LogP contribution >= 0.6 is 11.3 Å². The number of aromatic nitrogens is 2. The maximum atomic E-state index is 5.59. The van der Waals surface area contributed by atoms with Crippen LogP contribution in [0.4, 0.5) is 11.5 Å². The third-order valence-electron chi connectivity index (χ3n) is 4.61. The summed E-state index contributed by atoms with van der Waals surface area (Å²) in [5.41, 5.74) is 4.58. The fourth-order valence-corrected chi connectivity index (χ4v) is 4.40. The molecule has 0 fully saturated rings. The molecule has 28 heavy (non-hydrogen) atoms. The Labute approximate surface area is 169 Å². The molecule has 4 aromatic rings. The van der Waals surface area contributed by atoms with Gasteiger partial charge in [-0.2, -0.15) is 0 Å². The average Bonchev–Trinajstić information content (AvgIpc) is 3.00. The Balaban J connectivity index is 1.84. The van der Waals surface area contributed by atoms with Gasteiger partial charge in [-0.1, -0.05) is 29.8 Å². The van der Waals surface area contributed by atoms with Crippen molar-refractivity contribution < 1.29 is 4.74 Å². The molecule has 0 amide bonds. The van der Waals surface area contributed by atoms with Crippen molar-refractivity contribution in [2.24, 2.45) is 0 Å². The SMILES string of the molecule is CCOc1ccc(-c2c(C)sc3nc(C)nc(Nc4ccc(C)cc4)c23)cc1. The van der Waals surface area contributed by atoms with E-state index in [0.29, 0.717) is 6.61 Å². The molecule has 2 aromatic carbocycles. The van der Waals surface area contributed by atoms with Gasteiger partial charge in [0.25, 0.3) is 0 Å². The third kappa shape index (κ3) is 3.58. The second kappa shape index (κ2) is 7.60. The van der Waals surface area contributed by atoms with E-state index in [1.54, 1.807) is 11.3 Å². The summed E-state index contributed by atoms with van der Waals surface area (Å²) < 4.78 is 5.59. The maximum Gasteiger partial charge on any atom is 0.143 e. The lowest BCUT2D eigenvalue weighted by Crippen LogP contribution is -1.98. The predicted octanol–water partition coefficient (Wildman–Crippen LogP) is 6.43. The van der Waals surface area contributed by atoms with Crippen LogP contribution in [0.3, 0.4) is 0 Å². The molecule has 0 atom stereocenters. The van der Waals surface area contributed by atoms with Gasteiger partial charge in [0, 0.05) is 16.1 Å². The predicted molar refractivity (Wildman–Crippen MR) is 118 cm³/mol. The molecule has 0 spiro atoms. The highest BCUT2D eigenvalue weighted by atomic mass is 32.1. The molecule has 0 radical (unpaired) electrons. The summed E-state index contributed by atoms with van der Waals surface area (Å²) in [5.74, 6) is 2.50. The lowest BCUT2D eigenvalue weighted by molar-refractivity contribution is 0.340. The van der Waals surface area contributed by atoms with Crippen LogP contribution in [-0.2, 0) is 0 Å². The topological polar surface area (TPSA) is 47.0 Å². The number of rotatable bonds is 5. The first kappa shape index (κ1) is 18.4. The molecule has 4 rings (SSSR count). The number of hydrogen-bond acceptors (Lipinski definition) is 5. The first-order chi connectivity index (χ1) is 13.5. The molecule has 0 aliphatic carbocycles. The van der Waals surface area contributed by atoms with Crippen molar-refractivity contribution in [3.63, 3.8) is 0 Å². The number of aryl methyl sites for hydroxylation is 3. The van der Waals surface area contributed by atoms with Gasteiger partial charge in [0.15, 0.2) is 0 Å². The monoisotopic (exact) mass is 389 g/mol. The maximum absolute atomic E-state index is 5.59. The average molecular weight is 390 g/mol. The number of fused-ring (bicyclic) bond motifs is 1.